The van der Waals surface area contributed by atoms with Crippen LogP contribution >= 0.6 is 0 Å². The topological polar surface area (TPSA) is 0 Å². The lowest BCUT2D eigenvalue weighted by Crippen LogP contribution is -2.20. The predicted molar refractivity (Wildman–Crippen MR) is 148 cm³/mol. The van der Waals surface area contributed by atoms with Crippen LogP contribution in [0.4, 0.5) is 0 Å². The summed E-state index contributed by atoms with van der Waals surface area (Å²) < 4.78 is 0. The van der Waals surface area contributed by atoms with Gasteiger partial charge >= 0.3 is 0 Å². The molecule has 0 heterocycles. The highest BCUT2D eigenvalue weighted by atomic mass is 14.3. The predicted octanol–water partition coefficient (Wildman–Crippen LogP) is 10.2. The van der Waals surface area contributed by atoms with Crippen molar-refractivity contribution in [1.82, 2.24) is 0 Å². The molecule has 0 nitrogen and oxygen atoms in total. The number of allylic oxidation sites excluding steroid dienone is 11. The monoisotopic (exact) mass is 432 g/mol. The van der Waals surface area contributed by atoms with Crippen LogP contribution in [0.1, 0.15) is 87.3 Å². The first-order valence-corrected chi connectivity index (χ1v) is 11.6. The van der Waals surface area contributed by atoms with Crippen LogP contribution in [-0.4, -0.2) is 0 Å². The second-order valence-corrected chi connectivity index (χ2v) is 9.44. The van der Waals surface area contributed by atoms with Crippen molar-refractivity contribution < 1.29 is 0 Å². The van der Waals surface area contributed by atoms with E-state index in [0.29, 0.717) is 0 Å². The van der Waals surface area contributed by atoms with Crippen molar-refractivity contribution >= 4 is 0 Å². The lowest BCUT2D eigenvalue weighted by Gasteiger charge is -2.31. The summed E-state index contributed by atoms with van der Waals surface area (Å²) in [5.74, 6) is 0. The van der Waals surface area contributed by atoms with Gasteiger partial charge in [-0.2, -0.15) is 0 Å². The first kappa shape index (κ1) is 29.7. The average molecular weight is 433 g/mol. The van der Waals surface area contributed by atoms with Gasteiger partial charge < -0.3 is 0 Å². The molecule has 32 heavy (non-hydrogen) atoms. The van der Waals surface area contributed by atoms with E-state index in [4.69, 9.17) is 0 Å². The lowest BCUT2D eigenvalue weighted by molar-refractivity contribution is 0.523. The quantitative estimate of drug-likeness (QED) is 0.392. The van der Waals surface area contributed by atoms with Gasteiger partial charge in [-0.15, -0.1) is 0 Å². The van der Waals surface area contributed by atoms with Crippen molar-refractivity contribution in [3.05, 3.63) is 106 Å². The van der Waals surface area contributed by atoms with Gasteiger partial charge in [-0.05, 0) is 45.3 Å². The van der Waals surface area contributed by atoms with Crippen molar-refractivity contribution in [3.8, 4) is 0 Å². The van der Waals surface area contributed by atoms with E-state index in [2.05, 4.69) is 117 Å². The van der Waals surface area contributed by atoms with Gasteiger partial charge in [-0.1, -0.05) is 144 Å². The summed E-state index contributed by atoms with van der Waals surface area (Å²) in [6, 6.07) is 8.85. The molecule has 0 bridgehead atoms. The average Bonchev–Trinajstić information content (AvgIpc) is 2.97. The van der Waals surface area contributed by atoms with E-state index in [1.807, 2.05) is 19.9 Å². The van der Waals surface area contributed by atoms with Crippen molar-refractivity contribution in [2.75, 3.05) is 0 Å². The summed E-state index contributed by atoms with van der Waals surface area (Å²) in [6.45, 7) is 26.2. The Hall–Kier alpha value is -2.34. The van der Waals surface area contributed by atoms with Gasteiger partial charge in [0.2, 0.25) is 0 Å². The fourth-order valence-corrected chi connectivity index (χ4v) is 3.90. The Morgan fingerprint density at radius 1 is 0.906 bits per heavy atom. The third-order valence-corrected chi connectivity index (χ3v) is 6.68. The Kier molecular flexibility index (Phi) is 11.7. The van der Waals surface area contributed by atoms with Crippen molar-refractivity contribution in [2.45, 2.75) is 88.5 Å². The largest absolute Gasteiger partial charge is 0.0988 e. The Labute approximate surface area is 200 Å². The zero-order valence-electron chi connectivity index (χ0n) is 21.7. The highest BCUT2D eigenvalue weighted by Crippen LogP contribution is 2.40. The van der Waals surface area contributed by atoms with E-state index in [9.17, 15) is 0 Å². The number of hydrogen-bond acceptors (Lipinski definition) is 0. The van der Waals surface area contributed by atoms with Crippen LogP contribution in [0.2, 0.25) is 0 Å². The van der Waals surface area contributed by atoms with Gasteiger partial charge in [-0.25, -0.2) is 0 Å². The Morgan fingerprint density at radius 2 is 1.47 bits per heavy atom. The minimum Gasteiger partial charge on any atom is -0.0988 e. The number of rotatable bonds is 6. The molecule has 0 spiro atoms. The standard InChI is InChI=1S/C29H38.C2H6.CH4/c1-10-25(29(8,9)27-18-15-22(3)16-19-27)20-23(4)24(5)28(6,7)26-13-11-12-21(2)14-17-26;1-2;/h10-12,14-20H,1,13H2,2-9H3;1-2H3;1H4/b24-23+,25-20+;;. The molecule has 1 aromatic carbocycles. The maximum absolute atomic E-state index is 4.14. The van der Waals surface area contributed by atoms with Gasteiger partial charge in [0.25, 0.3) is 0 Å². The first-order chi connectivity index (χ1) is 14.5. The Morgan fingerprint density at radius 3 is 2.00 bits per heavy atom. The van der Waals surface area contributed by atoms with Crippen molar-refractivity contribution in [3.63, 3.8) is 0 Å². The smallest absolute Gasteiger partial charge is 0.0146 e. The normalized spacial score (nSPS) is 15.2. The second kappa shape index (κ2) is 12.6. The van der Waals surface area contributed by atoms with E-state index in [-0.39, 0.29) is 18.3 Å². The minimum absolute atomic E-state index is 0. The number of hydrogen-bond donors (Lipinski definition) is 0. The SMILES string of the molecule is C.C=C/C(=C\C(C)=C(/C)C(C)(C)C1=CC=C(C)C=CC1)C(C)(C)c1ccc(C)cc1.CC. The minimum atomic E-state index is -0.0920. The molecule has 0 N–H and O–H groups in total. The van der Waals surface area contributed by atoms with E-state index in [0.717, 1.165) is 6.42 Å². The highest BCUT2D eigenvalue weighted by molar-refractivity contribution is 5.46. The molecule has 0 unspecified atom stereocenters. The summed E-state index contributed by atoms with van der Waals surface area (Å²) >= 11 is 0. The maximum atomic E-state index is 4.14. The zero-order chi connectivity index (χ0) is 23.8. The van der Waals surface area contributed by atoms with Gasteiger partial charge in [0.1, 0.15) is 0 Å². The molecule has 0 radical (unpaired) electrons. The molecule has 1 aliphatic rings. The van der Waals surface area contributed by atoms with Crippen LogP contribution in [-0.2, 0) is 5.41 Å². The summed E-state index contributed by atoms with van der Waals surface area (Å²) in [6.07, 6.45) is 14.4. The molecular formula is C32H48. The van der Waals surface area contributed by atoms with Crippen molar-refractivity contribution in [2.24, 2.45) is 5.41 Å². The molecule has 0 fully saturated rings. The Bertz CT molecular complexity index is 903. The zero-order valence-corrected chi connectivity index (χ0v) is 21.7. The van der Waals surface area contributed by atoms with Crippen LogP contribution in [0.15, 0.2) is 95.2 Å². The molecule has 0 saturated carbocycles. The summed E-state index contributed by atoms with van der Waals surface area (Å²) in [5, 5.41) is 0. The van der Waals surface area contributed by atoms with Crippen LogP contribution in [0.3, 0.4) is 0 Å². The molecule has 0 aromatic heterocycles. The van der Waals surface area contributed by atoms with Gasteiger partial charge in [-0.3, -0.25) is 0 Å². The molecule has 0 heteroatoms. The third-order valence-electron chi connectivity index (χ3n) is 6.68. The summed E-state index contributed by atoms with van der Waals surface area (Å²) in [4.78, 5) is 0. The van der Waals surface area contributed by atoms with Gasteiger partial charge in [0, 0.05) is 10.8 Å². The fraction of sp³-hybridized carbons (Fsp3) is 0.438. The summed E-state index contributed by atoms with van der Waals surface area (Å²) in [7, 11) is 0. The molecule has 176 valence electrons. The van der Waals surface area contributed by atoms with Gasteiger partial charge in [0.15, 0.2) is 0 Å². The molecule has 0 saturated heterocycles. The van der Waals surface area contributed by atoms with Crippen LogP contribution < -0.4 is 0 Å². The van der Waals surface area contributed by atoms with E-state index >= 15 is 0 Å². The molecule has 1 aliphatic carbocycles. The highest BCUT2D eigenvalue weighted by Gasteiger charge is 2.27. The second-order valence-electron chi connectivity index (χ2n) is 9.44. The molecule has 0 amide bonds. The molecule has 2 rings (SSSR count). The lowest BCUT2D eigenvalue weighted by atomic mass is 9.73. The Balaban J connectivity index is 0.00000311. The van der Waals surface area contributed by atoms with Crippen LogP contribution in [0.5, 0.6) is 0 Å². The molecule has 1 aromatic rings. The van der Waals surface area contributed by atoms with Gasteiger partial charge in [0.05, 0.1) is 0 Å². The molecular weight excluding hydrogens is 384 g/mol. The van der Waals surface area contributed by atoms with Crippen LogP contribution in [0.25, 0.3) is 0 Å². The van der Waals surface area contributed by atoms with E-state index in [1.54, 1.807) is 0 Å². The number of benzene rings is 1. The van der Waals surface area contributed by atoms with Crippen LogP contribution in [0, 0.1) is 12.3 Å². The van der Waals surface area contributed by atoms with E-state index < -0.39 is 0 Å². The van der Waals surface area contributed by atoms with Crippen molar-refractivity contribution in [1.29, 1.82) is 0 Å². The summed E-state index contributed by atoms with van der Waals surface area (Å²) in [5.41, 5.74) is 9.26. The first-order valence-electron chi connectivity index (χ1n) is 11.6. The number of aryl methyl sites for hydroxylation is 1. The molecule has 0 aliphatic heterocycles. The molecule has 0 atom stereocenters. The maximum Gasteiger partial charge on any atom is 0.0146 e. The van der Waals surface area contributed by atoms with E-state index in [1.165, 1.54) is 39.0 Å². The third kappa shape index (κ3) is 7.09. The fourth-order valence-electron chi connectivity index (χ4n) is 3.90.